The molecule has 1 fully saturated rings. The Morgan fingerprint density at radius 1 is 0.938 bits per heavy atom. The van der Waals surface area contributed by atoms with Crippen LogP contribution in [0.4, 0.5) is 13.2 Å². The highest BCUT2D eigenvalue weighted by Gasteiger charge is 2.29. The SMILES string of the molecule is C=CCCC1OCC(c2ccc(-c3ccc(C4=CC=C(C)C(F)C4F)cc3)cc2F)CO1. The van der Waals surface area contributed by atoms with Gasteiger partial charge in [-0.3, -0.25) is 0 Å². The van der Waals surface area contributed by atoms with Crippen molar-refractivity contribution in [2.75, 3.05) is 13.2 Å². The van der Waals surface area contributed by atoms with Gasteiger partial charge in [-0.05, 0) is 52.8 Å². The first-order chi connectivity index (χ1) is 15.5. The quantitative estimate of drug-likeness (QED) is 0.453. The molecule has 1 aliphatic heterocycles. The van der Waals surface area contributed by atoms with E-state index in [1.165, 1.54) is 6.07 Å². The molecule has 4 rings (SSSR count). The van der Waals surface area contributed by atoms with E-state index in [2.05, 4.69) is 6.58 Å². The van der Waals surface area contributed by atoms with Crippen LogP contribution in [0.5, 0.6) is 0 Å². The predicted molar refractivity (Wildman–Crippen MR) is 121 cm³/mol. The molecule has 2 nitrogen and oxygen atoms in total. The number of ether oxygens (including phenoxy) is 2. The zero-order chi connectivity index (χ0) is 22.7. The number of alkyl halides is 2. The van der Waals surface area contributed by atoms with Gasteiger partial charge in [-0.2, -0.15) is 0 Å². The van der Waals surface area contributed by atoms with Crippen molar-refractivity contribution < 1.29 is 22.6 Å². The van der Waals surface area contributed by atoms with Crippen LogP contribution in [0.25, 0.3) is 16.7 Å². The summed E-state index contributed by atoms with van der Waals surface area (Å²) in [5.74, 6) is -0.468. The van der Waals surface area contributed by atoms with Gasteiger partial charge in [0, 0.05) is 12.3 Å². The highest BCUT2D eigenvalue weighted by Crippen LogP contribution is 2.34. The lowest BCUT2D eigenvalue weighted by atomic mass is 9.90. The molecule has 5 heteroatoms. The van der Waals surface area contributed by atoms with Crippen molar-refractivity contribution in [2.45, 2.75) is 44.3 Å². The van der Waals surface area contributed by atoms with Gasteiger partial charge in [-0.15, -0.1) is 6.58 Å². The average molecular weight is 441 g/mol. The number of halogens is 3. The first-order valence-corrected chi connectivity index (χ1v) is 10.9. The van der Waals surface area contributed by atoms with Gasteiger partial charge in [0.05, 0.1) is 13.2 Å². The molecule has 2 aromatic carbocycles. The molecule has 0 N–H and O–H groups in total. The molecule has 0 radical (unpaired) electrons. The number of hydrogen-bond acceptors (Lipinski definition) is 2. The second-order valence-corrected chi connectivity index (χ2v) is 8.31. The highest BCUT2D eigenvalue weighted by molar-refractivity contribution is 5.75. The summed E-state index contributed by atoms with van der Waals surface area (Å²) in [6.45, 7) is 6.10. The van der Waals surface area contributed by atoms with Gasteiger partial charge in [0.2, 0.25) is 0 Å². The van der Waals surface area contributed by atoms with Gasteiger partial charge < -0.3 is 9.47 Å². The molecule has 2 atom stereocenters. The normalized spacial score (nSPS) is 25.8. The Labute approximate surface area is 187 Å². The molecule has 1 saturated heterocycles. The zero-order valence-electron chi connectivity index (χ0n) is 18.1. The molecule has 1 heterocycles. The van der Waals surface area contributed by atoms with Crippen molar-refractivity contribution in [2.24, 2.45) is 0 Å². The van der Waals surface area contributed by atoms with Crippen LogP contribution in [0.1, 0.15) is 36.8 Å². The topological polar surface area (TPSA) is 18.5 Å². The van der Waals surface area contributed by atoms with Crippen molar-refractivity contribution in [1.29, 1.82) is 0 Å². The molecule has 2 unspecified atom stereocenters. The minimum Gasteiger partial charge on any atom is -0.352 e. The van der Waals surface area contributed by atoms with E-state index in [0.717, 1.165) is 18.4 Å². The Bertz CT molecular complexity index is 1020. The van der Waals surface area contributed by atoms with Crippen LogP contribution in [0.15, 0.2) is 72.8 Å². The van der Waals surface area contributed by atoms with Crippen LogP contribution < -0.4 is 0 Å². The van der Waals surface area contributed by atoms with E-state index in [0.29, 0.717) is 41.1 Å². The van der Waals surface area contributed by atoms with Crippen LogP contribution in [-0.2, 0) is 9.47 Å². The Balaban J connectivity index is 1.46. The predicted octanol–water partition coefficient (Wildman–Crippen LogP) is 6.93. The van der Waals surface area contributed by atoms with Crippen molar-refractivity contribution >= 4 is 5.57 Å². The maximum atomic E-state index is 14.9. The van der Waals surface area contributed by atoms with Crippen LogP contribution in [0, 0.1) is 5.82 Å². The number of hydrogen-bond donors (Lipinski definition) is 0. The molecule has 32 heavy (non-hydrogen) atoms. The molecule has 2 aromatic rings. The minimum atomic E-state index is -1.68. The highest BCUT2D eigenvalue weighted by atomic mass is 19.2. The Morgan fingerprint density at radius 2 is 1.59 bits per heavy atom. The van der Waals surface area contributed by atoms with Gasteiger partial charge in [-0.25, -0.2) is 13.2 Å². The fraction of sp³-hybridized carbons (Fsp3) is 0.333. The zero-order valence-corrected chi connectivity index (χ0v) is 18.1. The summed E-state index contributed by atoms with van der Waals surface area (Å²) in [6, 6.07) is 12.2. The van der Waals surface area contributed by atoms with Crippen LogP contribution in [0.3, 0.4) is 0 Å². The van der Waals surface area contributed by atoms with E-state index in [1.54, 1.807) is 49.4 Å². The van der Waals surface area contributed by atoms with Gasteiger partial charge in [0.1, 0.15) is 5.82 Å². The summed E-state index contributed by atoms with van der Waals surface area (Å²) in [5, 5.41) is 0. The largest absolute Gasteiger partial charge is 0.352 e. The Hall–Kier alpha value is -2.63. The number of allylic oxidation sites excluding steroid dienone is 5. The van der Waals surface area contributed by atoms with Crippen molar-refractivity contribution in [1.82, 2.24) is 0 Å². The molecule has 0 aromatic heterocycles. The molecular formula is C27H27F3O2. The Kier molecular flexibility index (Phi) is 6.97. The van der Waals surface area contributed by atoms with Gasteiger partial charge in [-0.1, -0.05) is 54.6 Å². The van der Waals surface area contributed by atoms with Crippen LogP contribution in [-0.4, -0.2) is 31.8 Å². The van der Waals surface area contributed by atoms with E-state index in [9.17, 15) is 13.2 Å². The molecule has 1 aliphatic carbocycles. The third kappa shape index (κ3) is 4.74. The molecule has 2 aliphatic rings. The van der Waals surface area contributed by atoms with E-state index in [4.69, 9.17) is 9.47 Å². The molecule has 0 bridgehead atoms. The maximum absolute atomic E-state index is 14.9. The minimum absolute atomic E-state index is 0.156. The fourth-order valence-electron chi connectivity index (χ4n) is 4.09. The summed E-state index contributed by atoms with van der Waals surface area (Å²) in [5.41, 5.74) is 3.40. The number of rotatable bonds is 6. The summed E-state index contributed by atoms with van der Waals surface area (Å²) in [7, 11) is 0. The molecule has 0 spiro atoms. The lowest BCUT2D eigenvalue weighted by Crippen LogP contribution is -2.31. The summed E-state index contributed by atoms with van der Waals surface area (Å²) in [4.78, 5) is 0. The molecular weight excluding hydrogens is 413 g/mol. The van der Waals surface area contributed by atoms with E-state index >= 15 is 0 Å². The van der Waals surface area contributed by atoms with Crippen molar-refractivity contribution in [3.8, 4) is 11.1 Å². The Morgan fingerprint density at radius 3 is 2.25 bits per heavy atom. The van der Waals surface area contributed by atoms with Crippen molar-refractivity contribution in [3.05, 3.63) is 89.8 Å². The standard InChI is InChI=1S/C27H27F3O2/c1-3-4-5-25-31-15-21(16-32-25)22-13-11-20(14-24(22)28)18-7-9-19(10-8-18)23-12-6-17(2)26(29)27(23)30/h3,6-14,21,25-27H,1,4-5,15-16H2,2H3. The molecule has 0 amide bonds. The van der Waals surface area contributed by atoms with Gasteiger partial charge in [0.25, 0.3) is 0 Å². The van der Waals surface area contributed by atoms with Crippen LogP contribution >= 0.6 is 0 Å². The third-order valence-corrected chi connectivity index (χ3v) is 6.08. The third-order valence-electron chi connectivity index (χ3n) is 6.08. The van der Waals surface area contributed by atoms with E-state index in [-0.39, 0.29) is 18.0 Å². The first kappa shape index (κ1) is 22.6. The molecule has 0 saturated carbocycles. The second kappa shape index (κ2) is 9.88. The van der Waals surface area contributed by atoms with Crippen LogP contribution in [0.2, 0.25) is 0 Å². The smallest absolute Gasteiger partial charge is 0.161 e. The van der Waals surface area contributed by atoms with E-state index in [1.807, 2.05) is 12.1 Å². The number of benzene rings is 2. The molecule has 168 valence electrons. The lowest BCUT2D eigenvalue weighted by molar-refractivity contribution is -0.189. The van der Waals surface area contributed by atoms with Gasteiger partial charge in [0.15, 0.2) is 18.6 Å². The average Bonchev–Trinajstić information content (AvgIpc) is 2.82. The first-order valence-electron chi connectivity index (χ1n) is 10.9. The summed E-state index contributed by atoms with van der Waals surface area (Å²) < 4.78 is 54.7. The summed E-state index contributed by atoms with van der Waals surface area (Å²) >= 11 is 0. The van der Waals surface area contributed by atoms with E-state index < -0.39 is 12.3 Å². The van der Waals surface area contributed by atoms with Crippen molar-refractivity contribution in [3.63, 3.8) is 0 Å². The second-order valence-electron chi connectivity index (χ2n) is 8.31. The fourth-order valence-corrected chi connectivity index (χ4v) is 4.09. The maximum Gasteiger partial charge on any atom is 0.161 e. The lowest BCUT2D eigenvalue weighted by Gasteiger charge is -2.29. The monoisotopic (exact) mass is 440 g/mol. The summed E-state index contributed by atoms with van der Waals surface area (Å²) in [6.07, 6.45) is 3.04. The van der Waals surface area contributed by atoms with Gasteiger partial charge >= 0.3 is 0 Å².